The normalized spacial score (nSPS) is 10.6. The van der Waals surface area contributed by atoms with Gasteiger partial charge >= 0.3 is 0 Å². The van der Waals surface area contributed by atoms with Crippen molar-refractivity contribution in [1.82, 2.24) is 4.98 Å². The van der Waals surface area contributed by atoms with Crippen LogP contribution in [0.5, 0.6) is 5.88 Å². The lowest BCUT2D eigenvalue weighted by Gasteiger charge is -2.24. The van der Waals surface area contributed by atoms with E-state index in [1.165, 1.54) is 13.2 Å². The molecule has 1 aromatic carbocycles. The highest BCUT2D eigenvalue weighted by Crippen LogP contribution is 2.23. The molecule has 1 heterocycles. The Bertz CT molecular complexity index is 719. The summed E-state index contributed by atoms with van der Waals surface area (Å²) in [6.07, 6.45) is 0.0897. The minimum atomic E-state index is -0.372. The van der Waals surface area contributed by atoms with Crippen molar-refractivity contribution in [1.29, 1.82) is 0 Å². The van der Waals surface area contributed by atoms with Crippen molar-refractivity contribution in [3.63, 3.8) is 0 Å². The Morgan fingerprint density at radius 2 is 2.08 bits per heavy atom. The van der Waals surface area contributed by atoms with E-state index in [1.807, 2.05) is 25.8 Å². The van der Waals surface area contributed by atoms with E-state index < -0.39 is 0 Å². The number of amides is 1. The number of hydrogen-bond donors (Lipinski definition) is 1. The van der Waals surface area contributed by atoms with Crippen LogP contribution in [0.25, 0.3) is 0 Å². The Morgan fingerprint density at radius 3 is 2.71 bits per heavy atom. The molecule has 0 spiro atoms. The van der Waals surface area contributed by atoms with Gasteiger partial charge in [-0.3, -0.25) is 4.79 Å². The summed E-state index contributed by atoms with van der Waals surface area (Å²) in [5.74, 6) is -0.184. The number of halogens is 1. The number of benzene rings is 1. The topological polar surface area (TPSA) is 54.5 Å². The van der Waals surface area contributed by atoms with Gasteiger partial charge in [-0.2, -0.15) is 0 Å². The predicted molar refractivity (Wildman–Crippen MR) is 93.1 cm³/mol. The molecule has 2 rings (SSSR count). The number of nitrogens with one attached hydrogen (secondary N) is 1. The Hall–Kier alpha value is -2.63. The molecule has 128 valence electrons. The molecule has 1 N–H and O–H groups in total. The van der Waals surface area contributed by atoms with E-state index >= 15 is 0 Å². The maximum Gasteiger partial charge on any atom is 0.230 e. The van der Waals surface area contributed by atoms with Gasteiger partial charge in [0.15, 0.2) is 0 Å². The van der Waals surface area contributed by atoms with Crippen LogP contribution in [0.1, 0.15) is 19.5 Å². The number of aromatic nitrogens is 1. The van der Waals surface area contributed by atoms with Crippen molar-refractivity contribution >= 4 is 17.3 Å². The molecule has 0 aliphatic rings. The van der Waals surface area contributed by atoms with Gasteiger partial charge < -0.3 is 15.0 Å². The maximum absolute atomic E-state index is 14.2. The lowest BCUT2D eigenvalue weighted by atomic mass is 10.2. The van der Waals surface area contributed by atoms with Gasteiger partial charge in [-0.25, -0.2) is 9.37 Å². The van der Waals surface area contributed by atoms with Crippen LogP contribution < -0.4 is 15.0 Å². The monoisotopic (exact) mass is 331 g/mol. The number of anilines is 2. The lowest BCUT2D eigenvalue weighted by molar-refractivity contribution is -0.115. The van der Waals surface area contributed by atoms with Gasteiger partial charge in [-0.1, -0.05) is 6.07 Å². The largest absolute Gasteiger partial charge is 0.481 e. The summed E-state index contributed by atoms with van der Waals surface area (Å²) in [7, 11) is 3.35. The second kappa shape index (κ2) is 7.77. The van der Waals surface area contributed by atoms with E-state index in [9.17, 15) is 9.18 Å². The van der Waals surface area contributed by atoms with Gasteiger partial charge in [0.1, 0.15) is 5.82 Å². The molecule has 0 atom stereocenters. The van der Waals surface area contributed by atoms with Crippen molar-refractivity contribution in [2.75, 3.05) is 24.4 Å². The molecule has 0 unspecified atom stereocenters. The van der Waals surface area contributed by atoms with E-state index in [2.05, 4.69) is 10.3 Å². The van der Waals surface area contributed by atoms with E-state index in [0.29, 0.717) is 22.9 Å². The average molecular weight is 331 g/mol. The van der Waals surface area contributed by atoms with Crippen LogP contribution in [0.15, 0.2) is 36.4 Å². The zero-order valence-electron chi connectivity index (χ0n) is 14.3. The lowest BCUT2D eigenvalue weighted by Crippen LogP contribution is -2.26. The summed E-state index contributed by atoms with van der Waals surface area (Å²) in [6.45, 7) is 3.96. The third-order valence-electron chi connectivity index (χ3n) is 3.72. The number of carbonyl (C=O) groups excluding carboxylic acids is 1. The summed E-state index contributed by atoms with van der Waals surface area (Å²) in [5, 5.41) is 2.69. The van der Waals surface area contributed by atoms with Crippen molar-refractivity contribution < 1.29 is 13.9 Å². The molecule has 0 aliphatic carbocycles. The van der Waals surface area contributed by atoms with Crippen molar-refractivity contribution in [2.45, 2.75) is 26.3 Å². The van der Waals surface area contributed by atoms with Crippen LogP contribution in [0, 0.1) is 5.82 Å². The number of methoxy groups -OCH3 is 1. The number of hydrogen-bond acceptors (Lipinski definition) is 4. The molecule has 0 saturated carbocycles. The van der Waals surface area contributed by atoms with Gasteiger partial charge in [0.05, 0.1) is 24.9 Å². The van der Waals surface area contributed by atoms with Crippen LogP contribution in [0.2, 0.25) is 0 Å². The van der Waals surface area contributed by atoms with E-state index in [1.54, 1.807) is 30.3 Å². The maximum atomic E-state index is 14.2. The highest BCUT2D eigenvalue weighted by atomic mass is 19.1. The molecule has 5 nitrogen and oxygen atoms in total. The Kier molecular flexibility index (Phi) is 5.73. The van der Waals surface area contributed by atoms with Crippen LogP contribution in [-0.4, -0.2) is 31.1 Å². The van der Waals surface area contributed by atoms with Crippen LogP contribution >= 0.6 is 0 Å². The minimum Gasteiger partial charge on any atom is -0.481 e. The summed E-state index contributed by atoms with van der Waals surface area (Å²) in [5.41, 5.74) is 1.50. The third-order valence-corrected chi connectivity index (χ3v) is 3.72. The Morgan fingerprint density at radius 1 is 1.33 bits per heavy atom. The van der Waals surface area contributed by atoms with Crippen LogP contribution in [-0.2, 0) is 11.2 Å². The Labute approximate surface area is 141 Å². The fourth-order valence-corrected chi connectivity index (χ4v) is 2.19. The number of pyridine rings is 1. The van der Waals surface area contributed by atoms with Gasteiger partial charge in [-0.05, 0) is 38.1 Å². The first-order valence-corrected chi connectivity index (χ1v) is 7.73. The Balaban J connectivity index is 2.05. The minimum absolute atomic E-state index is 0.0897. The van der Waals surface area contributed by atoms with Crippen molar-refractivity contribution in [2.24, 2.45) is 0 Å². The second-order valence-electron chi connectivity index (χ2n) is 5.77. The smallest absolute Gasteiger partial charge is 0.230 e. The first kappa shape index (κ1) is 17.7. The molecule has 1 amide bonds. The third kappa shape index (κ3) is 4.44. The van der Waals surface area contributed by atoms with Crippen molar-refractivity contribution in [3.8, 4) is 5.88 Å². The molecule has 0 bridgehead atoms. The molecule has 0 radical (unpaired) electrons. The molecule has 2 aromatic rings. The summed E-state index contributed by atoms with van der Waals surface area (Å²) >= 11 is 0. The van der Waals surface area contributed by atoms with E-state index in [-0.39, 0.29) is 24.2 Å². The quantitative estimate of drug-likeness (QED) is 0.883. The van der Waals surface area contributed by atoms with Crippen LogP contribution in [0.4, 0.5) is 15.8 Å². The number of ether oxygens (including phenoxy) is 1. The van der Waals surface area contributed by atoms with Gasteiger partial charge in [0, 0.05) is 24.8 Å². The molecule has 1 aromatic heterocycles. The molecule has 0 aliphatic heterocycles. The van der Waals surface area contributed by atoms with Gasteiger partial charge in [0.2, 0.25) is 11.8 Å². The zero-order chi connectivity index (χ0) is 17.7. The number of carbonyl (C=O) groups is 1. The summed E-state index contributed by atoms with van der Waals surface area (Å²) in [4.78, 5) is 18.1. The van der Waals surface area contributed by atoms with Gasteiger partial charge in [-0.15, -0.1) is 0 Å². The molecular weight excluding hydrogens is 309 g/mol. The zero-order valence-corrected chi connectivity index (χ0v) is 14.3. The molecule has 6 heteroatoms. The second-order valence-corrected chi connectivity index (χ2v) is 5.77. The van der Waals surface area contributed by atoms with Crippen molar-refractivity contribution in [3.05, 3.63) is 47.9 Å². The van der Waals surface area contributed by atoms with Gasteiger partial charge in [0.25, 0.3) is 0 Å². The fraction of sp³-hybridized carbons (Fsp3) is 0.333. The van der Waals surface area contributed by atoms with E-state index in [4.69, 9.17) is 4.74 Å². The first-order chi connectivity index (χ1) is 11.4. The van der Waals surface area contributed by atoms with Crippen LogP contribution in [0.3, 0.4) is 0 Å². The highest BCUT2D eigenvalue weighted by Gasteiger charge is 2.12. The highest BCUT2D eigenvalue weighted by molar-refractivity contribution is 5.92. The molecule has 24 heavy (non-hydrogen) atoms. The number of rotatable bonds is 6. The summed E-state index contributed by atoms with van der Waals surface area (Å²) < 4.78 is 19.2. The van der Waals surface area contributed by atoms with E-state index in [0.717, 1.165) is 0 Å². The summed E-state index contributed by atoms with van der Waals surface area (Å²) in [6, 6.07) is 10.1. The SMILES string of the molecule is COc1cccc(CC(=O)Nc2ccc(N(C)C(C)C)c(F)c2)n1. The predicted octanol–water partition coefficient (Wildman–Crippen LogP) is 3.26. The first-order valence-electron chi connectivity index (χ1n) is 7.73. The average Bonchev–Trinajstić information content (AvgIpc) is 2.54. The molecule has 0 saturated heterocycles. The number of nitrogens with zero attached hydrogens (tertiary/aromatic N) is 2. The molecule has 0 fully saturated rings. The fourth-order valence-electron chi connectivity index (χ4n) is 2.19. The molecular formula is C18H22FN3O2. The standard InChI is InChI=1S/C18H22FN3O2/c1-12(2)22(3)16-9-8-14(10-15(16)19)20-17(23)11-13-6-5-7-18(21-13)24-4/h5-10,12H,11H2,1-4H3,(H,20,23).